The molecule has 0 saturated heterocycles. The molecule has 1 N–H and O–H groups in total. The van der Waals surface area contributed by atoms with Crippen LogP contribution in [0.3, 0.4) is 0 Å². The molecule has 0 aromatic carbocycles. The maximum Gasteiger partial charge on any atom is 0.352 e. The maximum absolute atomic E-state index is 11.4. The van der Waals surface area contributed by atoms with Gasteiger partial charge < -0.3 is 14.6 Å². The Labute approximate surface area is 126 Å². The predicted octanol–water partition coefficient (Wildman–Crippen LogP) is 3.07. The van der Waals surface area contributed by atoms with E-state index in [1.165, 1.54) is 13.0 Å². The number of carboxylic acid groups (broad SMARTS) is 1. The SMILES string of the molecule is CCN(CC)CCCC(C)n1cc(C(C)=O)cc1C(=O)O. The van der Waals surface area contributed by atoms with Gasteiger partial charge in [0.1, 0.15) is 5.69 Å². The van der Waals surface area contributed by atoms with Crippen LogP contribution in [0.2, 0.25) is 0 Å². The van der Waals surface area contributed by atoms with Gasteiger partial charge in [-0.15, -0.1) is 0 Å². The lowest BCUT2D eigenvalue weighted by Crippen LogP contribution is -2.24. The molecule has 0 saturated carbocycles. The average Bonchev–Trinajstić information content (AvgIpc) is 2.89. The Kier molecular flexibility index (Phi) is 6.62. The molecule has 21 heavy (non-hydrogen) atoms. The van der Waals surface area contributed by atoms with Gasteiger partial charge in [0.25, 0.3) is 0 Å². The molecule has 0 aliphatic heterocycles. The third-order valence-electron chi connectivity index (χ3n) is 3.94. The Morgan fingerprint density at radius 2 is 1.95 bits per heavy atom. The van der Waals surface area contributed by atoms with Crippen LogP contribution in [0.1, 0.15) is 67.4 Å². The van der Waals surface area contributed by atoms with Crippen molar-refractivity contribution in [2.75, 3.05) is 19.6 Å². The molecule has 0 aliphatic rings. The molecule has 0 spiro atoms. The van der Waals surface area contributed by atoms with Crippen molar-refractivity contribution in [3.8, 4) is 0 Å². The normalized spacial score (nSPS) is 12.6. The first-order valence-electron chi connectivity index (χ1n) is 7.59. The summed E-state index contributed by atoms with van der Waals surface area (Å²) in [7, 11) is 0. The first kappa shape index (κ1) is 17.4. The molecule has 0 radical (unpaired) electrons. The third-order valence-corrected chi connectivity index (χ3v) is 3.94. The first-order valence-corrected chi connectivity index (χ1v) is 7.59. The summed E-state index contributed by atoms with van der Waals surface area (Å²) in [6.45, 7) is 10.8. The molecule has 5 heteroatoms. The zero-order chi connectivity index (χ0) is 16.0. The summed E-state index contributed by atoms with van der Waals surface area (Å²) in [6.07, 6.45) is 3.56. The molecule has 1 aromatic heterocycles. The van der Waals surface area contributed by atoms with Crippen LogP contribution in [0, 0.1) is 0 Å². The summed E-state index contributed by atoms with van der Waals surface area (Å²) < 4.78 is 1.71. The van der Waals surface area contributed by atoms with Crippen molar-refractivity contribution in [1.29, 1.82) is 0 Å². The van der Waals surface area contributed by atoms with Gasteiger partial charge in [0.05, 0.1) is 0 Å². The Morgan fingerprint density at radius 1 is 1.33 bits per heavy atom. The molecule has 0 amide bonds. The van der Waals surface area contributed by atoms with E-state index >= 15 is 0 Å². The van der Waals surface area contributed by atoms with Gasteiger partial charge in [0.2, 0.25) is 0 Å². The van der Waals surface area contributed by atoms with Crippen LogP contribution >= 0.6 is 0 Å². The summed E-state index contributed by atoms with van der Waals surface area (Å²) in [4.78, 5) is 25.1. The van der Waals surface area contributed by atoms with Gasteiger partial charge in [-0.2, -0.15) is 0 Å². The molecule has 118 valence electrons. The third kappa shape index (κ3) is 4.70. The number of Topliss-reactive ketones (excluding diaryl/α,β-unsaturated/α-hetero) is 1. The molecule has 0 aliphatic carbocycles. The molecule has 1 atom stereocenters. The summed E-state index contributed by atoms with van der Waals surface area (Å²) in [6, 6.07) is 1.53. The second-order valence-corrected chi connectivity index (χ2v) is 5.40. The standard InChI is InChI=1S/C16H26N2O3/c1-5-17(6-2)9-7-8-12(3)18-11-14(13(4)19)10-15(18)16(20)21/h10-12H,5-9H2,1-4H3,(H,20,21). The van der Waals surface area contributed by atoms with E-state index in [0.717, 1.165) is 32.5 Å². The van der Waals surface area contributed by atoms with E-state index in [9.17, 15) is 14.7 Å². The number of aromatic carboxylic acids is 1. The number of aromatic nitrogens is 1. The van der Waals surface area contributed by atoms with Gasteiger partial charge in [-0.1, -0.05) is 13.8 Å². The number of carbonyl (C=O) groups excluding carboxylic acids is 1. The number of nitrogens with zero attached hydrogens (tertiary/aromatic N) is 2. The highest BCUT2D eigenvalue weighted by atomic mass is 16.4. The number of hydrogen-bond donors (Lipinski definition) is 1. The van der Waals surface area contributed by atoms with Crippen LogP contribution in [0.5, 0.6) is 0 Å². The number of rotatable bonds is 9. The fraction of sp³-hybridized carbons (Fsp3) is 0.625. The summed E-state index contributed by atoms with van der Waals surface area (Å²) in [5.74, 6) is -1.09. The molecule has 5 nitrogen and oxygen atoms in total. The van der Waals surface area contributed by atoms with Gasteiger partial charge >= 0.3 is 5.97 Å². The smallest absolute Gasteiger partial charge is 0.352 e. The molecule has 1 aromatic rings. The van der Waals surface area contributed by atoms with Crippen LogP contribution in [0.4, 0.5) is 0 Å². The quantitative estimate of drug-likeness (QED) is 0.711. The lowest BCUT2D eigenvalue weighted by Gasteiger charge is -2.20. The molecule has 0 bridgehead atoms. The Bertz CT molecular complexity index is 490. The minimum atomic E-state index is -0.988. The fourth-order valence-electron chi connectivity index (χ4n) is 2.50. The van der Waals surface area contributed by atoms with Crippen molar-refractivity contribution in [3.05, 3.63) is 23.5 Å². The van der Waals surface area contributed by atoms with Gasteiger partial charge in [-0.05, 0) is 52.4 Å². The van der Waals surface area contributed by atoms with Crippen molar-refractivity contribution < 1.29 is 14.7 Å². The number of ketones is 1. The van der Waals surface area contributed by atoms with E-state index in [0.29, 0.717) is 5.56 Å². The lowest BCUT2D eigenvalue weighted by molar-refractivity contribution is 0.0682. The fourth-order valence-corrected chi connectivity index (χ4v) is 2.50. The van der Waals surface area contributed by atoms with Crippen LogP contribution in [-0.4, -0.2) is 46.0 Å². The van der Waals surface area contributed by atoms with Gasteiger partial charge in [0, 0.05) is 17.8 Å². The molecule has 1 heterocycles. The predicted molar refractivity (Wildman–Crippen MR) is 83.1 cm³/mol. The van der Waals surface area contributed by atoms with E-state index in [4.69, 9.17) is 0 Å². The maximum atomic E-state index is 11.4. The topological polar surface area (TPSA) is 62.5 Å². The van der Waals surface area contributed by atoms with Crippen LogP contribution in [0.25, 0.3) is 0 Å². The zero-order valence-electron chi connectivity index (χ0n) is 13.4. The monoisotopic (exact) mass is 294 g/mol. The van der Waals surface area contributed by atoms with E-state index in [1.807, 2.05) is 6.92 Å². The van der Waals surface area contributed by atoms with E-state index in [1.54, 1.807) is 10.8 Å². The van der Waals surface area contributed by atoms with Crippen LogP contribution in [-0.2, 0) is 0 Å². The largest absolute Gasteiger partial charge is 0.477 e. The van der Waals surface area contributed by atoms with E-state index < -0.39 is 5.97 Å². The minimum absolute atomic E-state index is 0.0692. The van der Waals surface area contributed by atoms with Gasteiger partial charge in [-0.25, -0.2) is 4.79 Å². The molecular weight excluding hydrogens is 268 g/mol. The molecule has 1 unspecified atom stereocenters. The number of hydrogen-bond acceptors (Lipinski definition) is 3. The molecule has 0 fully saturated rings. The van der Waals surface area contributed by atoms with Crippen molar-refractivity contribution in [2.24, 2.45) is 0 Å². The second kappa shape index (κ2) is 7.98. The number of carboxylic acids is 1. The minimum Gasteiger partial charge on any atom is -0.477 e. The summed E-state index contributed by atoms with van der Waals surface area (Å²) in [5.41, 5.74) is 0.651. The van der Waals surface area contributed by atoms with Gasteiger partial charge in [-0.3, -0.25) is 4.79 Å². The van der Waals surface area contributed by atoms with Crippen molar-refractivity contribution in [3.63, 3.8) is 0 Å². The number of carbonyl (C=O) groups is 2. The van der Waals surface area contributed by atoms with Gasteiger partial charge in [0.15, 0.2) is 5.78 Å². The van der Waals surface area contributed by atoms with E-state index in [2.05, 4.69) is 18.7 Å². The Hall–Kier alpha value is -1.62. The Balaban J connectivity index is 2.74. The highest BCUT2D eigenvalue weighted by Crippen LogP contribution is 2.20. The summed E-state index contributed by atoms with van der Waals surface area (Å²) >= 11 is 0. The lowest BCUT2D eigenvalue weighted by atomic mass is 10.1. The van der Waals surface area contributed by atoms with E-state index in [-0.39, 0.29) is 17.5 Å². The highest BCUT2D eigenvalue weighted by molar-refractivity contribution is 5.97. The van der Waals surface area contributed by atoms with Crippen molar-refractivity contribution >= 4 is 11.8 Å². The zero-order valence-corrected chi connectivity index (χ0v) is 13.4. The van der Waals surface area contributed by atoms with Crippen molar-refractivity contribution in [1.82, 2.24) is 9.47 Å². The van der Waals surface area contributed by atoms with Crippen LogP contribution in [0.15, 0.2) is 12.3 Å². The average molecular weight is 294 g/mol. The Morgan fingerprint density at radius 3 is 2.43 bits per heavy atom. The molecular formula is C16H26N2O3. The second-order valence-electron chi connectivity index (χ2n) is 5.40. The first-order chi connectivity index (χ1) is 9.90. The molecule has 1 rings (SSSR count). The summed E-state index contributed by atoms with van der Waals surface area (Å²) in [5, 5.41) is 9.26. The van der Waals surface area contributed by atoms with Crippen LogP contribution < -0.4 is 0 Å². The highest BCUT2D eigenvalue weighted by Gasteiger charge is 2.18. The van der Waals surface area contributed by atoms with Crippen molar-refractivity contribution in [2.45, 2.75) is 46.6 Å².